The first-order chi connectivity index (χ1) is 10.2. The molecule has 0 aliphatic rings. The summed E-state index contributed by atoms with van der Waals surface area (Å²) < 4.78 is 5.80. The Morgan fingerprint density at radius 3 is 2.68 bits per heavy atom. The third-order valence-corrected chi connectivity index (χ3v) is 3.13. The number of anilines is 2. The van der Waals surface area contributed by atoms with Gasteiger partial charge in [0.1, 0.15) is 12.4 Å². The zero-order chi connectivity index (χ0) is 16.8. The molecule has 0 radical (unpaired) electrons. The Morgan fingerprint density at radius 1 is 1.41 bits per heavy atom. The molecule has 7 heteroatoms. The lowest BCUT2D eigenvalue weighted by molar-refractivity contribution is -0.142. The van der Waals surface area contributed by atoms with E-state index >= 15 is 0 Å². The largest absolute Gasteiger partial charge is 0.463 e. The van der Waals surface area contributed by atoms with Crippen molar-refractivity contribution >= 4 is 39.3 Å². The molecule has 0 aromatic carbocycles. The molecule has 1 amide bonds. The van der Waals surface area contributed by atoms with Crippen molar-refractivity contribution in [1.29, 1.82) is 0 Å². The summed E-state index contributed by atoms with van der Waals surface area (Å²) in [6.45, 7) is 7.28. The van der Waals surface area contributed by atoms with Gasteiger partial charge in [-0.25, -0.2) is 4.98 Å². The van der Waals surface area contributed by atoms with E-state index in [2.05, 4.69) is 31.5 Å². The van der Waals surface area contributed by atoms with E-state index in [1.807, 2.05) is 20.8 Å². The summed E-state index contributed by atoms with van der Waals surface area (Å²) in [5.41, 5.74) is 0.0697. The molecule has 1 heterocycles. The van der Waals surface area contributed by atoms with Gasteiger partial charge in [-0.3, -0.25) is 9.59 Å². The monoisotopic (exact) mass is 371 g/mol. The van der Waals surface area contributed by atoms with Gasteiger partial charge in [-0.1, -0.05) is 6.92 Å². The van der Waals surface area contributed by atoms with Crippen LogP contribution in [0.25, 0.3) is 0 Å². The van der Waals surface area contributed by atoms with Crippen molar-refractivity contribution in [3.8, 4) is 0 Å². The van der Waals surface area contributed by atoms with Gasteiger partial charge < -0.3 is 15.4 Å². The molecular formula is C15H22BrN3O3. The first-order valence-electron chi connectivity index (χ1n) is 7.10. The number of nitrogens with zero attached hydrogens (tertiary/aromatic N) is 1. The number of hydrogen-bond acceptors (Lipinski definition) is 5. The average Bonchev–Trinajstić information content (AvgIpc) is 2.40. The molecule has 1 rings (SSSR count). The summed E-state index contributed by atoms with van der Waals surface area (Å²) in [5, 5.41) is 6.03. The second-order valence-electron chi connectivity index (χ2n) is 5.64. The fourth-order valence-electron chi connectivity index (χ4n) is 1.71. The topological polar surface area (TPSA) is 80.3 Å². The van der Waals surface area contributed by atoms with E-state index in [0.29, 0.717) is 17.9 Å². The summed E-state index contributed by atoms with van der Waals surface area (Å²) >= 11 is 3.34. The highest BCUT2D eigenvalue weighted by Crippen LogP contribution is 2.26. The van der Waals surface area contributed by atoms with Crippen LogP contribution in [0.5, 0.6) is 0 Å². The Morgan fingerprint density at radius 2 is 2.09 bits per heavy atom. The zero-order valence-corrected chi connectivity index (χ0v) is 14.9. The van der Waals surface area contributed by atoms with Crippen LogP contribution in [0.4, 0.5) is 11.5 Å². The van der Waals surface area contributed by atoms with E-state index in [4.69, 9.17) is 4.74 Å². The normalized spacial score (nSPS) is 11.0. The van der Waals surface area contributed by atoms with Gasteiger partial charge >= 0.3 is 5.97 Å². The predicted molar refractivity (Wildman–Crippen MR) is 89.8 cm³/mol. The molecular weight excluding hydrogens is 350 g/mol. The molecule has 6 nitrogen and oxygen atoms in total. The summed E-state index contributed by atoms with van der Waals surface area (Å²) in [7, 11) is 0. The van der Waals surface area contributed by atoms with E-state index in [0.717, 1.165) is 10.9 Å². The second kappa shape index (κ2) is 8.12. The number of rotatable bonds is 7. The van der Waals surface area contributed by atoms with E-state index in [1.165, 1.54) is 6.92 Å². The van der Waals surface area contributed by atoms with Gasteiger partial charge in [-0.2, -0.15) is 0 Å². The van der Waals surface area contributed by atoms with E-state index in [9.17, 15) is 9.59 Å². The SMILES string of the molecule is CCCC(=O)Nc1cc(Br)cnc1NC(C)(C)COC(C)=O. The number of carbonyl (C=O) groups excluding carboxylic acids is 2. The minimum Gasteiger partial charge on any atom is -0.463 e. The number of aromatic nitrogens is 1. The van der Waals surface area contributed by atoms with Gasteiger partial charge in [0.15, 0.2) is 0 Å². The lowest BCUT2D eigenvalue weighted by Gasteiger charge is -2.27. The summed E-state index contributed by atoms with van der Waals surface area (Å²) in [5.74, 6) is 0.128. The quantitative estimate of drug-likeness (QED) is 0.718. The van der Waals surface area contributed by atoms with E-state index in [1.54, 1.807) is 12.3 Å². The molecule has 0 spiro atoms. The van der Waals surface area contributed by atoms with Gasteiger partial charge in [0.25, 0.3) is 0 Å². The van der Waals surface area contributed by atoms with Crippen LogP contribution in [0, 0.1) is 0 Å². The molecule has 0 saturated heterocycles. The standard InChI is InChI=1S/C15H22BrN3O3/c1-5-6-13(21)18-12-7-11(16)8-17-14(12)19-15(3,4)9-22-10(2)20/h7-8H,5-6,9H2,1-4H3,(H,17,19)(H,18,21). The molecule has 122 valence electrons. The number of pyridine rings is 1. The maximum absolute atomic E-state index is 11.8. The molecule has 0 aliphatic heterocycles. The average molecular weight is 372 g/mol. The van der Waals surface area contributed by atoms with Crippen molar-refractivity contribution in [1.82, 2.24) is 4.98 Å². The van der Waals surface area contributed by atoms with Crippen molar-refractivity contribution in [2.24, 2.45) is 0 Å². The number of hydrogen-bond donors (Lipinski definition) is 2. The molecule has 2 N–H and O–H groups in total. The first-order valence-corrected chi connectivity index (χ1v) is 7.90. The van der Waals surface area contributed by atoms with Gasteiger partial charge in [0, 0.05) is 24.0 Å². The molecule has 0 saturated carbocycles. The Kier molecular flexibility index (Phi) is 6.80. The number of nitrogens with one attached hydrogen (secondary N) is 2. The summed E-state index contributed by atoms with van der Waals surface area (Å²) in [6.07, 6.45) is 2.86. The number of ether oxygens (including phenoxy) is 1. The number of halogens is 1. The van der Waals surface area contributed by atoms with E-state index in [-0.39, 0.29) is 18.5 Å². The van der Waals surface area contributed by atoms with Crippen LogP contribution in [0.15, 0.2) is 16.7 Å². The third kappa shape index (κ3) is 6.43. The lowest BCUT2D eigenvalue weighted by Crippen LogP contribution is -2.37. The first kappa shape index (κ1) is 18.4. The van der Waals surface area contributed by atoms with Crippen LogP contribution in [0.1, 0.15) is 40.5 Å². The zero-order valence-electron chi connectivity index (χ0n) is 13.3. The highest BCUT2D eigenvalue weighted by molar-refractivity contribution is 9.10. The van der Waals surface area contributed by atoms with Crippen LogP contribution in [0.3, 0.4) is 0 Å². The molecule has 1 aromatic rings. The number of carbonyl (C=O) groups is 2. The Labute approximate surface area is 139 Å². The van der Waals surface area contributed by atoms with Crippen molar-refractivity contribution in [3.63, 3.8) is 0 Å². The maximum atomic E-state index is 11.8. The lowest BCUT2D eigenvalue weighted by atomic mass is 10.1. The van der Waals surface area contributed by atoms with Crippen LogP contribution in [0.2, 0.25) is 0 Å². The third-order valence-electron chi connectivity index (χ3n) is 2.70. The highest BCUT2D eigenvalue weighted by Gasteiger charge is 2.22. The van der Waals surface area contributed by atoms with Crippen LogP contribution in [-0.4, -0.2) is 29.0 Å². The van der Waals surface area contributed by atoms with Gasteiger partial charge in [-0.05, 0) is 42.3 Å². The molecule has 0 unspecified atom stereocenters. The summed E-state index contributed by atoms with van der Waals surface area (Å²) in [6, 6.07) is 1.78. The maximum Gasteiger partial charge on any atom is 0.302 e. The van der Waals surface area contributed by atoms with Crippen LogP contribution >= 0.6 is 15.9 Å². The van der Waals surface area contributed by atoms with Gasteiger partial charge in [-0.15, -0.1) is 0 Å². The predicted octanol–water partition coefficient (Wildman–Crippen LogP) is 3.34. The van der Waals surface area contributed by atoms with Crippen molar-refractivity contribution < 1.29 is 14.3 Å². The molecule has 0 fully saturated rings. The fourth-order valence-corrected chi connectivity index (χ4v) is 2.04. The van der Waals surface area contributed by atoms with Crippen molar-refractivity contribution in [3.05, 3.63) is 16.7 Å². The van der Waals surface area contributed by atoms with Gasteiger partial charge in [0.2, 0.25) is 5.91 Å². The smallest absolute Gasteiger partial charge is 0.302 e. The summed E-state index contributed by atoms with van der Waals surface area (Å²) in [4.78, 5) is 27.0. The molecule has 0 bridgehead atoms. The number of amides is 1. The molecule has 22 heavy (non-hydrogen) atoms. The second-order valence-corrected chi connectivity index (χ2v) is 6.55. The molecule has 0 atom stereocenters. The Balaban J connectivity index is 2.89. The van der Waals surface area contributed by atoms with Crippen molar-refractivity contribution in [2.75, 3.05) is 17.2 Å². The van der Waals surface area contributed by atoms with Gasteiger partial charge in [0.05, 0.1) is 11.2 Å². The Bertz CT molecular complexity index is 547. The van der Waals surface area contributed by atoms with Crippen LogP contribution in [-0.2, 0) is 14.3 Å². The Hall–Kier alpha value is -1.63. The molecule has 0 aliphatic carbocycles. The fraction of sp³-hybridized carbons (Fsp3) is 0.533. The number of esters is 1. The minimum atomic E-state index is -0.517. The van der Waals surface area contributed by atoms with E-state index < -0.39 is 5.54 Å². The highest BCUT2D eigenvalue weighted by atomic mass is 79.9. The molecule has 1 aromatic heterocycles. The van der Waals surface area contributed by atoms with Crippen LogP contribution < -0.4 is 10.6 Å². The minimum absolute atomic E-state index is 0.0664. The van der Waals surface area contributed by atoms with Crippen molar-refractivity contribution in [2.45, 2.75) is 46.1 Å².